The molecule has 2 aromatic carbocycles. The molecule has 165 valence electrons. The zero-order valence-electron chi connectivity index (χ0n) is 17.0. The number of amides is 2. The number of thiophene rings is 1. The number of carbonyl (C=O) groups excluding carboxylic acids is 1. The predicted molar refractivity (Wildman–Crippen MR) is 126 cm³/mol. The van der Waals surface area contributed by atoms with Crippen molar-refractivity contribution in [2.45, 2.75) is 6.18 Å². The van der Waals surface area contributed by atoms with Crippen LogP contribution in [0.25, 0.3) is 21.2 Å². The molecule has 2 aromatic heterocycles. The third-order valence-electron chi connectivity index (χ3n) is 4.75. The molecule has 0 spiro atoms. The van der Waals surface area contributed by atoms with E-state index in [0.717, 1.165) is 38.9 Å². The van der Waals surface area contributed by atoms with E-state index in [2.05, 4.69) is 34.4 Å². The van der Waals surface area contributed by atoms with Crippen LogP contribution in [-0.4, -0.2) is 11.0 Å². The van der Waals surface area contributed by atoms with E-state index in [1.807, 2.05) is 5.38 Å². The SMILES string of the molecule is [CH2]C#Cc1cnc(N)c2c(-c3ccc(NC(=O)Nc4cccc(C(F)(F)F)c4)cc3)csc12. The van der Waals surface area contributed by atoms with Crippen LogP contribution in [0.2, 0.25) is 0 Å². The van der Waals surface area contributed by atoms with Crippen molar-refractivity contribution in [3.63, 3.8) is 0 Å². The number of hydrogen-bond acceptors (Lipinski definition) is 4. The molecule has 4 N–H and O–H groups in total. The number of nitrogen functional groups attached to an aromatic ring is 1. The van der Waals surface area contributed by atoms with Crippen LogP contribution >= 0.6 is 11.3 Å². The fraction of sp³-hybridized carbons (Fsp3) is 0.0417. The Balaban J connectivity index is 1.52. The number of nitrogens with one attached hydrogen (secondary N) is 2. The first-order chi connectivity index (χ1) is 15.8. The van der Waals surface area contributed by atoms with Crippen molar-refractivity contribution < 1.29 is 18.0 Å². The Labute approximate surface area is 191 Å². The third-order valence-corrected chi connectivity index (χ3v) is 5.76. The summed E-state index contributed by atoms with van der Waals surface area (Å²) in [5.41, 5.74) is 8.26. The van der Waals surface area contributed by atoms with E-state index >= 15 is 0 Å². The number of urea groups is 1. The van der Waals surface area contributed by atoms with Crippen LogP contribution in [0.5, 0.6) is 0 Å². The molecule has 0 aliphatic rings. The van der Waals surface area contributed by atoms with Gasteiger partial charge in [0.1, 0.15) is 5.82 Å². The number of anilines is 3. The Hall–Kier alpha value is -4.03. The molecule has 4 aromatic rings. The van der Waals surface area contributed by atoms with Crippen molar-refractivity contribution in [3.8, 4) is 23.0 Å². The average molecular weight is 465 g/mol. The zero-order chi connectivity index (χ0) is 23.6. The van der Waals surface area contributed by atoms with Crippen molar-refractivity contribution in [1.82, 2.24) is 4.98 Å². The van der Waals surface area contributed by atoms with Gasteiger partial charge >= 0.3 is 12.2 Å². The van der Waals surface area contributed by atoms with Crippen molar-refractivity contribution in [3.05, 3.63) is 78.2 Å². The average Bonchev–Trinajstić information content (AvgIpc) is 3.22. The second kappa shape index (κ2) is 8.84. The Morgan fingerprint density at radius 2 is 1.82 bits per heavy atom. The highest BCUT2D eigenvalue weighted by Crippen LogP contribution is 2.38. The molecule has 2 heterocycles. The molecular formula is C24H16F3N4OS. The second-order valence-corrected chi connectivity index (χ2v) is 7.83. The summed E-state index contributed by atoms with van der Waals surface area (Å²) in [7, 11) is 0. The number of pyridine rings is 1. The van der Waals surface area contributed by atoms with Crippen LogP contribution in [0.4, 0.5) is 35.2 Å². The van der Waals surface area contributed by atoms with Crippen molar-refractivity contribution in [2.24, 2.45) is 0 Å². The Kier molecular flexibility index (Phi) is 5.94. The number of alkyl halides is 3. The summed E-state index contributed by atoms with van der Waals surface area (Å²) in [6.07, 6.45) is -2.87. The van der Waals surface area contributed by atoms with Crippen molar-refractivity contribution in [1.29, 1.82) is 0 Å². The van der Waals surface area contributed by atoms with Crippen LogP contribution in [0, 0.1) is 18.8 Å². The number of nitrogens with two attached hydrogens (primary N) is 1. The summed E-state index contributed by atoms with van der Waals surface area (Å²) in [6, 6.07) is 10.7. The summed E-state index contributed by atoms with van der Waals surface area (Å²) in [5.74, 6) is 5.93. The molecule has 4 rings (SSSR count). The van der Waals surface area contributed by atoms with Crippen LogP contribution in [0.15, 0.2) is 60.1 Å². The second-order valence-electron chi connectivity index (χ2n) is 6.95. The first-order valence-corrected chi connectivity index (χ1v) is 10.4. The summed E-state index contributed by atoms with van der Waals surface area (Å²) in [6.45, 7) is 3.54. The number of aromatic nitrogens is 1. The van der Waals surface area contributed by atoms with E-state index in [0.29, 0.717) is 11.5 Å². The monoisotopic (exact) mass is 465 g/mol. The van der Waals surface area contributed by atoms with Gasteiger partial charge in [0.15, 0.2) is 0 Å². The molecule has 0 aliphatic heterocycles. The number of hydrogen-bond donors (Lipinski definition) is 3. The molecule has 33 heavy (non-hydrogen) atoms. The molecule has 5 nitrogen and oxygen atoms in total. The first-order valence-electron chi connectivity index (χ1n) is 9.56. The largest absolute Gasteiger partial charge is 0.416 e. The van der Waals surface area contributed by atoms with Gasteiger partial charge in [-0.2, -0.15) is 13.2 Å². The minimum atomic E-state index is -4.49. The van der Waals surface area contributed by atoms with Crippen LogP contribution in [-0.2, 0) is 6.18 Å². The molecule has 0 fully saturated rings. The summed E-state index contributed by atoms with van der Waals surface area (Å²) >= 11 is 1.50. The highest BCUT2D eigenvalue weighted by molar-refractivity contribution is 7.18. The Bertz CT molecular complexity index is 1400. The summed E-state index contributed by atoms with van der Waals surface area (Å²) < 4.78 is 39.4. The molecule has 9 heteroatoms. The van der Waals surface area contributed by atoms with Gasteiger partial charge in [-0.15, -0.1) is 11.3 Å². The predicted octanol–water partition coefficient (Wildman–Crippen LogP) is 6.39. The van der Waals surface area contributed by atoms with Crippen molar-refractivity contribution in [2.75, 3.05) is 16.4 Å². The molecular weight excluding hydrogens is 449 g/mol. The van der Waals surface area contributed by atoms with Crippen LogP contribution < -0.4 is 16.4 Å². The lowest BCUT2D eigenvalue weighted by Crippen LogP contribution is -2.19. The standard InChI is InChI=1S/C24H16F3N4OS/c1-2-4-15-12-29-22(28)20-19(13-33-21(15)20)14-7-9-17(10-8-14)30-23(32)31-18-6-3-5-16(11-18)24(25,26)27/h3,5-13H,1H2,(H2,28,29)(H2,30,31,32). The minimum Gasteiger partial charge on any atom is -0.383 e. The van der Waals surface area contributed by atoms with E-state index < -0.39 is 17.8 Å². The van der Waals surface area contributed by atoms with Gasteiger partial charge in [0, 0.05) is 35.4 Å². The topological polar surface area (TPSA) is 80.0 Å². The lowest BCUT2D eigenvalue weighted by Gasteiger charge is -2.11. The van der Waals surface area contributed by atoms with Gasteiger partial charge in [0.25, 0.3) is 0 Å². The molecule has 0 atom stereocenters. The van der Waals surface area contributed by atoms with Gasteiger partial charge in [0.05, 0.1) is 15.8 Å². The maximum Gasteiger partial charge on any atom is 0.416 e. The fourth-order valence-electron chi connectivity index (χ4n) is 3.26. The highest BCUT2D eigenvalue weighted by Gasteiger charge is 2.30. The van der Waals surface area contributed by atoms with Gasteiger partial charge in [-0.25, -0.2) is 9.78 Å². The van der Waals surface area contributed by atoms with Gasteiger partial charge in [-0.3, -0.25) is 0 Å². The number of halogens is 3. The number of benzene rings is 2. The lowest BCUT2D eigenvalue weighted by atomic mass is 10.0. The van der Waals surface area contributed by atoms with Crippen molar-refractivity contribution >= 4 is 44.6 Å². The van der Waals surface area contributed by atoms with Crippen LogP contribution in [0.3, 0.4) is 0 Å². The third kappa shape index (κ3) is 4.76. The Morgan fingerprint density at radius 3 is 2.52 bits per heavy atom. The smallest absolute Gasteiger partial charge is 0.383 e. The zero-order valence-corrected chi connectivity index (χ0v) is 17.8. The molecule has 0 unspecified atom stereocenters. The quantitative estimate of drug-likeness (QED) is 0.307. The van der Waals surface area contributed by atoms with E-state index in [4.69, 9.17) is 5.73 Å². The number of nitrogens with zero attached hydrogens (tertiary/aromatic N) is 1. The molecule has 0 bridgehead atoms. The summed E-state index contributed by atoms with van der Waals surface area (Å²) in [4.78, 5) is 16.5. The fourth-order valence-corrected chi connectivity index (χ4v) is 4.32. The number of fused-ring (bicyclic) bond motifs is 1. The normalized spacial score (nSPS) is 11.0. The number of carbonyl (C=O) groups is 1. The molecule has 0 aliphatic carbocycles. The molecule has 2 amide bonds. The highest BCUT2D eigenvalue weighted by atomic mass is 32.1. The maximum absolute atomic E-state index is 12.8. The van der Waals surface area contributed by atoms with E-state index in [1.165, 1.54) is 23.5 Å². The van der Waals surface area contributed by atoms with E-state index in [-0.39, 0.29) is 5.69 Å². The van der Waals surface area contributed by atoms with E-state index in [9.17, 15) is 18.0 Å². The Morgan fingerprint density at radius 1 is 1.09 bits per heavy atom. The number of rotatable bonds is 3. The summed E-state index contributed by atoms with van der Waals surface area (Å²) in [5, 5.41) is 7.76. The first kappa shape index (κ1) is 22.2. The molecule has 0 saturated carbocycles. The van der Waals surface area contributed by atoms with Gasteiger partial charge < -0.3 is 16.4 Å². The molecule has 0 saturated heterocycles. The van der Waals surface area contributed by atoms with Gasteiger partial charge in [-0.05, 0) is 41.3 Å². The minimum absolute atomic E-state index is 0.0350. The molecule has 1 radical (unpaired) electrons. The van der Waals surface area contributed by atoms with Gasteiger partial charge in [0.2, 0.25) is 0 Å². The lowest BCUT2D eigenvalue weighted by molar-refractivity contribution is -0.137. The van der Waals surface area contributed by atoms with Gasteiger partial charge in [-0.1, -0.05) is 30.0 Å². The maximum atomic E-state index is 12.8. The van der Waals surface area contributed by atoms with E-state index in [1.54, 1.807) is 30.5 Å². The van der Waals surface area contributed by atoms with Crippen LogP contribution in [0.1, 0.15) is 11.1 Å².